The first-order valence-electron chi connectivity index (χ1n) is 7.61. The number of rotatable bonds is 5. The first-order valence-corrected chi connectivity index (χ1v) is 7.61. The van der Waals surface area contributed by atoms with Crippen LogP contribution in [-0.2, 0) is 4.74 Å². The maximum absolute atomic E-state index is 10.8. The van der Waals surface area contributed by atoms with E-state index in [0.717, 1.165) is 25.9 Å². The van der Waals surface area contributed by atoms with Gasteiger partial charge in [0.25, 0.3) is 0 Å². The molecule has 22 heavy (non-hydrogen) atoms. The standard InChI is InChI=1S/C14H21N5O3/c1-3-22-11-7-10(14(11)5-4-6-14)18(2)13-16-8-9(19(20)21)12(15)17-13/h8,10-11H,3-7H2,1-2H3,(H2,15,16,17)/t10-,11-/m1/s1. The number of ether oxygens (including phenoxy) is 1. The van der Waals surface area contributed by atoms with Crippen LogP contribution < -0.4 is 10.6 Å². The minimum Gasteiger partial charge on any atom is -0.378 e. The van der Waals surface area contributed by atoms with Crippen LogP contribution >= 0.6 is 0 Å². The summed E-state index contributed by atoms with van der Waals surface area (Å²) in [5.74, 6) is 0.347. The molecule has 2 atom stereocenters. The molecule has 3 rings (SSSR count). The molecule has 8 nitrogen and oxygen atoms in total. The summed E-state index contributed by atoms with van der Waals surface area (Å²) in [5.41, 5.74) is 5.60. The average Bonchev–Trinajstić information content (AvgIpc) is 2.40. The fraction of sp³-hybridized carbons (Fsp3) is 0.714. The molecule has 1 spiro atoms. The van der Waals surface area contributed by atoms with E-state index >= 15 is 0 Å². The third-order valence-electron chi connectivity index (χ3n) is 5.16. The van der Waals surface area contributed by atoms with Gasteiger partial charge in [-0.15, -0.1) is 0 Å². The van der Waals surface area contributed by atoms with E-state index in [1.165, 1.54) is 12.6 Å². The quantitative estimate of drug-likeness (QED) is 0.652. The molecule has 0 bridgehead atoms. The Morgan fingerprint density at radius 1 is 1.59 bits per heavy atom. The molecule has 1 heterocycles. The minimum absolute atomic E-state index is 0.0924. The van der Waals surface area contributed by atoms with Crippen molar-refractivity contribution in [2.75, 3.05) is 24.3 Å². The Bertz CT molecular complexity index is 590. The van der Waals surface area contributed by atoms with Crippen LogP contribution in [0.1, 0.15) is 32.6 Å². The lowest BCUT2D eigenvalue weighted by molar-refractivity contribution is -0.384. The van der Waals surface area contributed by atoms with E-state index in [1.807, 2.05) is 18.9 Å². The van der Waals surface area contributed by atoms with Crippen LogP contribution in [0.15, 0.2) is 6.20 Å². The molecule has 0 aromatic carbocycles. The number of nitrogen functional groups attached to an aromatic ring is 1. The summed E-state index contributed by atoms with van der Waals surface area (Å²) in [6.45, 7) is 2.74. The summed E-state index contributed by atoms with van der Waals surface area (Å²) in [6, 6.07) is 0.304. The van der Waals surface area contributed by atoms with Gasteiger partial charge in [0, 0.05) is 25.1 Å². The highest BCUT2D eigenvalue weighted by atomic mass is 16.6. The summed E-state index contributed by atoms with van der Waals surface area (Å²) in [4.78, 5) is 20.4. The van der Waals surface area contributed by atoms with Crippen LogP contribution in [-0.4, -0.2) is 40.7 Å². The summed E-state index contributed by atoms with van der Waals surface area (Å²) in [6.07, 6.45) is 5.93. The van der Waals surface area contributed by atoms with Crippen molar-refractivity contribution in [1.29, 1.82) is 0 Å². The molecule has 2 fully saturated rings. The van der Waals surface area contributed by atoms with Crippen molar-refractivity contribution in [3.63, 3.8) is 0 Å². The van der Waals surface area contributed by atoms with Gasteiger partial charge in [-0.2, -0.15) is 4.98 Å². The van der Waals surface area contributed by atoms with Crippen molar-refractivity contribution >= 4 is 17.5 Å². The van der Waals surface area contributed by atoms with Gasteiger partial charge in [-0.25, -0.2) is 4.98 Å². The van der Waals surface area contributed by atoms with Crippen molar-refractivity contribution in [2.24, 2.45) is 5.41 Å². The van der Waals surface area contributed by atoms with Crippen LogP contribution in [0.4, 0.5) is 17.5 Å². The zero-order chi connectivity index (χ0) is 15.9. The maximum Gasteiger partial charge on any atom is 0.329 e. The van der Waals surface area contributed by atoms with E-state index in [0.29, 0.717) is 18.1 Å². The van der Waals surface area contributed by atoms with Crippen LogP contribution in [0.3, 0.4) is 0 Å². The Kier molecular flexibility index (Phi) is 3.64. The molecular weight excluding hydrogens is 286 g/mol. The molecular formula is C14H21N5O3. The van der Waals surface area contributed by atoms with Gasteiger partial charge in [-0.1, -0.05) is 6.42 Å². The van der Waals surface area contributed by atoms with Gasteiger partial charge in [-0.05, 0) is 26.2 Å². The van der Waals surface area contributed by atoms with Crippen molar-refractivity contribution < 1.29 is 9.66 Å². The summed E-state index contributed by atoms with van der Waals surface area (Å²) >= 11 is 0. The predicted octanol–water partition coefficient (Wildman–Crippen LogP) is 1.75. The van der Waals surface area contributed by atoms with Crippen LogP contribution in [0, 0.1) is 15.5 Å². The molecule has 0 amide bonds. The van der Waals surface area contributed by atoms with E-state index < -0.39 is 4.92 Å². The smallest absolute Gasteiger partial charge is 0.329 e. The monoisotopic (exact) mass is 307 g/mol. The largest absolute Gasteiger partial charge is 0.378 e. The minimum atomic E-state index is -0.568. The molecule has 1 aromatic rings. The van der Waals surface area contributed by atoms with Crippen LogP contribution in [0.5, 0.6) is 0 Å². The topological polar surface area (TPSA) is 107 Å². The molecule has 2 saturated carbocycles. The summed E-state index contributed by atoms with van der Waals surface area (Å²) < 4.78 is 5.84. The Labute approximate surface area is 128 Å². The van der Waals surface area contributed by atoms with Crippen molar-refractivity contribution in [2.45, 2.75) is 44.8 Å². The lowest BCUT2D eigenvalue weighted by Gasteiger charge is -2.63. The van der Waals surface area contributed by atoms with Crippen molar-refractivity contribution in [1.82, 2.24) is 9.97 Å². The molecule has 120 valence electrons. The van der Waals surface area contributed by atoms with Gasteiger partial charge in [0.05, 0.1) is 11.0 Å². The highest BCUT2D eigenvalue weighted by Gasteiger charge is 2.60. The highest BCUT2D eigenvalue weighted by molar-refractivity contribution is 5.54. The van der Waals surface area contributed by atoms with Gasteiger partial charge >= 0.3 is 5.69 Å². The SMILES string of the molecule is CCO[C@@H]1C[C@@H](N(C)c2ncc([N+](=O)[O-])c(N)n2)C12CCC2. The molecule has 2 aliphatic rings. The Morgan fingerprint density at radius 2 is 2.32 bits per heavy atom. The van der Waals surface area contributed by atoms with E-state index in [2.05, 4.69) is 9.97 Å². The maximum atomic E-state index is 10.8. The Hall–Kier alpha value is -1.96. The molecule has 8 heteroatoms. The number of aromatic nitrogens is 2. The van der Waals surface area contributed by atoms with Gasteiger partial charge in [0.2, 0.25) is 11.8 Å². The molecule has 0 aliphatic heterocycles. The summed E-state index contributed by atoms with van der Waals surface area (Å²) in [5, 5.41) is 10.8. The van der Waals surface area contributed by atoms with Crippen LogP contribution in [0.2, 0.25) is 0 Å². The fourth-order valence-corrected chi connectivity index (χ4v) is 3.77. The third-order valence-corrected chi connectivity index (χ3v) is 5.16. The van der Waals surface area contributed by atoms with Gasteiger partial charge < -0.3 is 15.4 Å². The number of hydrogen-bond acceptors (Lipinski definition) is 7. The molecule has 2 N–H and O–H groups in total. The number of nitro groups is 1. The fourth-order valence-electron chi connectivity index (χ4n) is 3.77. The molecule has 1 aromatic heterocycles. The normalized spacial score (nSPS) is 25.4. The first-order chi connectivity index (χ1) is 10.5. The average molecular weight is 307 g/mol. The van der Waals surface area contributed by atoms with Gasteiger partial charge in [0.1, 0.15) is 6.20 Å². The molecule has 2 aliphatic carbocycles. The highest BCUT2D eigenvalue weighted by Crippen LogP contribution is 2.59. The molecule has 0 unspecified atom stereocenters. The van der Waals surface area contributed by atoms with E-state index in [4.69, 9.17) is 10.5 Å². The zero-order valence-corrected chi connectivity index (χ0v) is 12.9. The summed E-state index contributed by atoms with van der Waals surface area (Å²) in [7, 11) is 1.92. The second-order valence-corrected chi connectivity index (χ2v) is 6.09. The Morgan fingerprint density at radius 3 is 2.82 bits per heavy atom. The van der Waals surface area contributed by atoms with Crippen molar-refractivity contribution in [3.05, 3.63) is 16.3 Å². The Balaban J connectivity index is 1.79. The van der Waals surface area contributed by atoms with Gasteiger partial charge in [-0.3, -0.25) is 10.1 Å². The predicted molar refractivity (Wildman–Crippen MR) is 81.6 cm³/mol. The zero-order valence-electron chi connectivity index (χ0n) is 12.9. The lowest BCUT2D eigenvalue weighted by Crippen LogP contribution is -2.67. The van der Waals surface area contributed by atoms with Crippen molar-refractivity contribution in [3.8, 4) is 0 Å². The second kappa shape index (κ2) is 5.35. The van der Waals surface area contributed by atoms with E-state index in [-0.39, 0.29) is 16.9 Å². The third kappa shape index (κ3) is 2.09. The van der Waals surface area contributed by atoms with E-state index in [9.17, 15) is 10.1 Å². The van der Waals surface area contributed by atoms with Crippen LogP contribution in [0.25, 0.3) is 0 Å². The number of hydrogen-bond donors (Lipinski definition) is 1. The number of anilines is 2. The number of nitrogens with two attached hydrogens (primary N) is 1. The first kappa shape index (κ1) is 15.0. The molecule has 0 radical (unpaired) electrons. The molecule has 0 saturated heterocycles. The lowest BCUT2D eigenvalue weighted by atomic mass is 9.50. The second-order valence-electron chi connectivity index (χ2n) is 6.09. The van der Waals surface area contributed by atoms with Gasteiger partial charge in [0.15, 0.2) is 0 Å². The van der Waals surface area contributed by atoms with E-state index in [1.54, 1.807) is 0 Å². The number of nitrogens with zero attached hydrogens (tertiary/aromatic N) is 4.